The molecule has 0 aromatic rings. The average Bonchev–Trinajstić information content (AvgIpc) is 2.20. The van der Waals surface area contributed by atoms with Crippen molar-refractivity contribution in [1.82, 2.24) is 0 Å². The fraction of sp³-hybridized carbons (Fsp3) is 0.857. The maximum atomic E-state index is 10.5. The van der Waals surface area contributed by atoms with Crippen molar-refractivity contribution in [3.8, 4) is 0 Å². The molecule has 0 radical (unpaired) electrons. The molecule has 1 amide bonds. The van der Waals surface area contributed by atoms with Crippen LogP contribution >= 0.6 is 0 Å². The molecular weight excluding hydrogens is 224 g/mol. The van der Waals surface area contributed by atoms with Gasteiger partial charge < -0.3 is 41.4 Å². The number of amides is 1. The van der Waals surface area contributed by atoms with E-state index in [1.807, 2.05) is 0 Å². The summed E-state index contributed by atoms with van der Waals surface area (Å²) in [6, 6.07) is -1.61. The molecule has 0 aromatic heterocycles. The van der Waals surface area contributed by atoms with Crippen LogP contribution < -0.4 is 11.5 Å². The molecule has 0 spiro atoms. The van der Waals surface area contributed by atoms with Gasteiger partial charge in [-0.05, 0) is 0 Å². The maximum Gasteiger partial charge on any atom is 0.408 e. The minimum Gasteiger partial charge on any atom is -0.394 e. The lowest BCUT2D eigenvalue weighted by Gasteiger charge is -2.44. The predicted octanol–water partition coefficient (Wildman–Crippen LogP) is -3.83. The largest absolute Gasteiger partial charge is 0.408 e. The Kier molecular flexibility index (Phi) is 3.68. The lowest BCUT2D eigenvalue weighted by Crippen LogP contribution is -2.69. The summed E-state index contributed by atoms with van der Waals surface area (Å²) in [7, 11) is 0. The van der Waals surface area contributed by atoms with Crippen LogP contribution in [0.1, 0.15) is 0 Å². The second kappa shape index (κ2) is 4.49. The van der Waals surface area contributed by atoms with Crippen molar-refractivity contribution < 1.29 is 34.7 Å². The highest BCUT2D eigenvalue weighted by atomic mass is 16.8. The molecule has 0 aromatic carbocycles. The van der Waals surface area contributed by atoms with E-state index in [0.717, 1.165) is 0 Å². The minimum absolute atomic E-state index is 0.713. The van der Waals surface area contributed by atoms with Gasteiger partial charge in [0.15, 0.2) is 0 Å². The Morgan fingerprint density at radius 3 is 2.44 bits per heavy atom. The van der Waals surface area contributed by atoms with Crippen LogP contribution in [0.3, 0.4) is 0 Å². The SMILES string of the molecule is NC(=O)O[C@]1(O)O[C@H](CO)[C@@H](O)[C@H](O)[C@H]1N. The number of aliphatic hydroxyl groups excluding tert-OH is 3. The summed E-state index contributed by atoms with van der Waals surface area (Å²) >= 11 is 0. The van der Waals surface area contributed by atoms with Crippen molar-refractivity contribution in [3.63, 3.8) is 0 Å². The van der Waals surface area contributed by atoms with Gasteiger partial charge in [-0.2, -0.15) is 0 Å². The number of rotatable bonds is 2. The van der Waals surface area contributed by atoms with E-state index in [0.29, 0.717) is 0 Å². The summed E-state index contributed by atoms with van der Waals surface area (Å²) in [5, 5.41) is 37.3. The van der Waals surface area contributed by atoms with Crippen LogP contribution in [0.25, 0.3) is 0 Å². The summed E-state index contributed by atoms with van der Waals surface area (Å²) in [6.45, 7) is -0.713. The molecule has 1 rings (SSSR count). The molecule has 9 nitrogen and oxygen atoms in total. The van der Waals surface area contributed by atoms with Crippen molar-refractivity contribution in [1.29, 1.82) is 0 Å². The Hall–Kier alpha value is -0.970. The van der Waals surface area contributed by atoms with Gasteiger partial charge in [0.2, 0.25) is 0 Å². The zero-order valence-corrected chi connectivity index (χ0v) is 8.18. The zero-order valence-electron chi connectivity index (χ0n) is 8.18. The van der Waals surface area contributed by atoms with E-state index in [2.05, 4.69) is 15.2 Å². The molecule has 1 heterocycles. The number of hydrogen-bond donors (Lipinski definition) is 6. The van der Waals surface area contributed by atoms with Crippen LogP contribution in [0.4, 0.5) is 4.79 Å². The lowest BCUT2D eigenvalue weighted by molar-refractivity contribution is -0.401. The van der Waals surface area contributed by atoms with Gasteiger partial charge in [0, 0.05) is 0 Å². The van der Waals surface area contributed by atoms with E-state index >= 15 is 0 Å². The van der Waals surface area contributed by atoms with E-state index in [1.54, 1.807) is 0 Å². The van der Waals surface area contributed by atoms with E-state index in [-0.39, 0.29) is 0 Å². The molecule has 1 fully saturated rings. The van der Waals surface area contributed by atoms with Gasteiger partial charge in [0.05, 0.1) is 6.61 Å². The summed E-state index contributed by atoms with van der Waals surface area (Å²) in [5.74, 6) is -2.68. The van der Waals surface area contributed by atoms with Crippen molar-refractivity contribution in [2.45, 2.75) is 30.3 Å². The molecule has 16 heavy (non-hydrogen) atoms. The van der Waals surface area contributed by atoms with Crippen LogP contribution in [-0.4, -0.2) is 63.5 Å². The number of primary amides is 1. The molecule has 1 aliphatic rings. The Morgan fingerprint density at radius 2 is 2.00 bits per heavy atom. The molecule has 1 aliphatic heterocycles. The van der Waals surface area contributed by atoms with Crippen molar-refractivity contribution in [2.75, 3.05) is 6.61 Å². The standard InChI is InChI=1S/C7H14N2O7/c8-5-4(12)3(11)2(1-10)15-7(5,14)16-6(9)13/h2-5,10-12,14H,1,8H2,(H2,9,13)/t2-,3-,4+,5-,7-/m1/s1. The number of hydrogen-bond acceptors (Lipinski definition) is 8. The number of carbonyl (C=O) groups is 1. The van der Waals surface area contributed by atoms with Gasteiger partial charge >= 0.3 is 12.1 Å². The van der Waals surface area contributed by atoms with Gasteiger partial charge in [-0.3, -0.25) is 0 Å². The minimum atomic E-state index is -2.68. The lowest BCUT2D eigenvalue weighted by atomic mass is 9.96. The van der Waals surface area contributed by atoms with Crippen LogP contribution in [0.2, 0.25) is 0 Å². The van der Waals surface area contributed by atoms with Crippen LogP contribution in [0.5, 0.6) is 0 Å². The number of ether oxygens (including phenoxy) is 2. The van der Waals surface area contributed by atoms with Crippen LogP contribution in [0.15, 0.2) is 0 Å². The summed E-state index contributed by atoms with van der Waals surface area (Å²) in [6.07, 6.45) is -5.88. The molecular formula is C7H14N2O7. The Labute approximate surface area is 90.2 Å². The zero-order chi connectivity index (χ0) is 12.5. The van der Waals surface area contributed by atoms with Crippen molar-refractivity contribution in [3.05, 3.63) is 0 Å². The summed E-state index contributed by atoms with van der Waals surface area (Å²) in [4.78, 5) is 10.5. The smallest absolute Gasteiger partial charge is 0.394 e. The second-order valence-corrected chi connectivity index (χ2v) is 3.40. The van der Waals surface area contributed by atoms with Gasteiger partial charge in [-0.1, -0.05) is 0 Å². The Balaban J connectivity index is 2.89. The Morgan fingerprint density at radius 1 is 1.44 bits per heavy atom. The van der Waals surface area contributed by atoms with E-state index in [1.165, 1.54) is 0 Å². The van der Waals surface area contributed by atoms with Crippen LogP contribution in [0, 0.1) is 0 Å². The molecule has 5 atom stereocenters. The fourth-order valence-corrected chi connectivity index (χ4v) is 1.39. The number of aliphatic hydroxyl groups is 4. The molecule has 0 aliphatic carbocycles. The molecule has 0 saturated carbocycles. The quantitative estimate of drug-likeness (QED) is 0.266. The molecule has 0 unspecified atom stereocenters. The first-order chi connectivity index (χ1) is 7.31. The number of nitrogens with two attached hydrogens (primary N) is 2. The van der Waals surface area contributed by atoms with E-state index in [9.17, 15) is 20.1 Å². The van der Waals surface area contributed by atoms with Crippen LogP contribution in [-0.2, 0) is 9.47 Å². The summed E-state index contributed by atoms with van der Waals surface area (Å²) < 4.78 is 8.88. The second-order valence-electron chi connectivity index (χ2n) is 3.40. The van der Waals surface area contributed by atoms with E-state index in [4.69, 9.17) is 10.8 Å². The first-order valence-electron chi connectivity index (χ1n) is 4.43. The maximum absolute atomic E-state index is 10.5. The van der Waals surface area contributed by atoms with Gasteiger partial charge in [-0.25, -0.2) is 4.79 Å². The third-order valence-corrected chi connectivity index (χ3v) is 2.27. The highest BCUT2D eigenvalue weighted by molar-refractivity contribution is 5.65. The monoisotopic (exact) mass is 238 g/mol. The van der Waals surface area contributed by atoms with Gasteiger partial charge in [0.25, 0.3) is 0 Å². The molecule has 8 N–H and O–H groups in total. The number of carbonyl (C=O) groups excluding carboxylic acids is 1. The van der Waals surface area contributed by atoms with Gasteiger partial charge in [-0.15, -0.1) is 0 Å². The van der Waals surface area contributed by atoms with Crippen molar-refractivity contribution >= 4 is 6.09 Å². The molecule has 0 bridgehead atoms. The molecule has 9 heteroatoms. The van der Waals surface area contributed by atoms with Gasteiger partial charge in [0.1, 0.15) is 24.4 Å². The summed E-state index contributed by atoms with van der Waals surface area (Å²) in [5.41, 5.74) is 9.99. The average molecular weight is 238 g/mol. The molecule has 1 saturated heterocycles. The Bertz CT molecular complexity index is 273. The topological polar surface area (TPSA) is 168 Å². The fourth-order valence-electron chi connectivity index (χ4n) is 1.39. The third kappa shape index (κ3) is 2.24. The first kappa shape index (κ1) is 13.1. The van der Waals surface area contributed by atoms with Crippen molar-refractivity contribution in [2.24, 2.45) is 11.5 Å². The highest BCUT2D eigenvalue weighted by Crippen LogP contribution is 2.27. The third-order valence-electron chi connectivity index (χ3n) is 2.27. The normalized spacial score (nSPS) is 44.1. The van der Waals surface area contributed by atoms with E-state index < -0.39 is 43.0 Å². The predicted molar refractivity (Wildman–Crippen MR) is 47.6 cm³/mol. The first-order valence-corrected chi connectivity index (χ1v) is 4.43. The molecule has 94 valence electrons. The highest BCUT2D eigenvalue weighted by Gasteiger charge is 2.54.